The smallest absolute Gasteiger partial charge is 0.113 e. The molecule has 2 atom stereocenters. The summed E-state index contributed by atoms with van der Waals surface area (Å²) in [6.07, 6.45) is 5.77. The molecular weight excluding hydrogens is 156 g/mol. The first kappa shape index (κ1) is 9.07. The molecule has 2 unspecified atom stereocenters. The zero-order valence-corrected chi connectivity index (χ0v) is 8.27. The zero-order valence-electron chi connectivity index (χ0n) is 7.45. The Kier molecular flexibility index (Phi) is 3.40. The van der Waals surface area contributed by atoms with Crippen molar-refractivity contribution in [2.75, 3.05) is 12.8 Å². The summed E-state index contributed by atoms with van der Waals surface area (Å²) >= 11 is 1.79. The van der Waals surface area contributed by atoms with Crippen LogP contribution >= 0.6 is 11.9 Å². The summed E-state index contributed by atoms with van der Waals surface area (Å²) in [7, 11) is 0. The maximum absolute atomic E-state index is 4.44. The van der Waals surface area contributed by atoms with Gasteiger partial charge in [0.25, 0.3) is 0 Å². The van der Waals surface area contributed by atoms with Gasteiger partial charge >= 0.3 is 0 Å². The van der Waals surface area contributed by atoms with Crippen molar-refractivity contribution >= 4 is 18.2 Å². The average molecular weight is 172 g/mol. The Morgan fingerprint density at radius 2 is 2.55 bits per heavy atom. The van der Waals surface area contributed by atoms with Crippen LogP contribution in [-0.4, -0.2) is 29.5 Å². The first-order chi connectivity index (χ1) is 5.29. The molecule has 64 valence electrons. The molecule has 1 aliphatic rings. The summed E-state index contributed by atoms with van der Waals surface area (Å²) in [6, 6.07) is 0. The quantitative estimate of drug-likeness (QED) is 0.605. The van der Waals surface area contributed by atoms with Crippen molar-refractivity contribution in [3.63, 3.8) is 0 Å². The van der Waals surface area contributed by atoms with Crippen LogP contribution in [0.2, 0.25) is 0 Å². The van der Waals surface area contributed by atoms with E-state index >= 15 is 0 Å². The lowest BCUT2D eigenvalue weighted by Gasteiger charge is -2.24. The Hall–Kier alpha value is -0.0200. The van der Waals surface area contributed by atoms with E-state index in [4.69, 9.17) is 0 Å². The third-order valence-electron chi connectivity index (χ3n) is 2.20. The van der Waals surface area contributed by atoms with Crippen molar-refractivity contribution in [1.29, 1.82) is 0 Å². The summed E-state index contributed by atoms with van der Waals surface area (Å²) in [5, 5.41) is 0. The summed E-state index contributed by atoms with van der Waals surface area (Å²) in [5.74, 6) is 0.682. The predicted octanol–water partition coefficient (Wildman–Crippen LogP) is 2.02. The molecule has 0 aromatic heterocycles. The molecule has 0 aromatic rings. The molecule has 2 nitrogen and oxygen atoms in total. The Balaban J connectivity index is 2.48. The fourth-order valence-electron chi connectivity index (χ4n) is 1.24. The van der Waals surface area contributed by atoms with Crippen molar-refractivity contribution in [3.05, 3.63) is 0 Å². The summed E-state index contributed by atoms with van der Waals surface area (Å²) < 4.78 is 2.33. The second-order valence-electron chi connectivity index (χ2n) is 2.91. The summed E-state index contributed by atoms with van der Waals surface area (Å²) in [5.41, 5.74) is 0. The second kappa shape index (κ2) is 4.12. The van der Waals surface area contributed by atoms with Crippen LogP contribution in [0.15, 0.2) is 4.99 Å². The monoisotopic (exact) mass is 172 g/mol. The zero-order chi connectivity index (χ0) is 8.27. The maximum Gasteiger partial charge on any atom is 0.113 e. The van der Waals surface area contributed by atoms with Crippen LogP contribution in [0.4, 0.5) is 0 Å². The highest BCUT2D eigenvalue weighted by molar-refractivity contribution is 7.96. The van der Waals surface area contributed by atoms with Crippen LogP contribution in [0.1, 0.15) is 20.3 Å². The van der Waals surface area contributed by atoms with Gasteiger partial charge in [0, 0.05) is 12.8 Å². The van der Waals surface area contributed by atoms with Crippen molar-refractivity contribution in [3.8, 4) is 0 Å². The highest BCUT2D eigenvalue weighted by Crippen LogP contribution is 2.23. The molecule has 11 heavy (non-hydrogen) atoms. The van der Waals surface area contributed by atoms with E-state index in [0.29, 0.717) is 12.1 Å². The molecule has 0 N–H and O–H groups in total. The molecule has 0 aromatic carbocycles. The van der Waals surface area contributed by atoms with E-state index < -0.39 is 0 Å². The normalized spacial score (nSPS) is 27.7. The number of nitrogens with zero attached hydrogens (tertiary/aromatic N) is 2. The molecule has 0 saturated carbocycles. The van der Waals surface area contributed by atoms with Gasteiger partial charge in [0.15, 0.2) is 0 Å². The van der Waals surface area contributed by atoms with Gasteiger partial charge in [0.1, 0.15) is 6.17 Å². The molecule has 0 radical (unpaired) electrons. The second-order valence-corrected chi connectivity index (χ2v) is 3.75. The molecule has 3 heteroatoms. The van der Waals surface area contributed by atoms with Gasteiger partial charge in [-0.05, 0) is 12.2 Å². The topological polar surface area (TPSA) is 15.6 Å². The third-order valence-corrected chi connectivity index (χ3v) is 3.04. The maximum atomic E-state index is 4.44. The van der Waals surface area contributed by atoms with Crippen molar-refractivity contribution in [2.45, 2.75) is 26.4 Å². The summed E-state index contributed by atoms with van der Waals surface area (Å²) in [6.45, 7) is 5.49. The van der Waals surface area contributed by atoms with Gasteiger partial charge < -0.3 is 0 Å². The first-order valence-corrected chi connectivity index (χ1v) is 5.30. The van der Waals surface area contributed by atoms with Crippen LogP contribution in [0.3, 0.4) is 0 Å². The molecule has 1 heterocycles. The number of hydrogen-bond acceptors (Lipinski definition) is 3. The van der Waals surface area contributed by atoms with Gasteiger partial charge in [-0.15, -0.1) is 0 Å². The lowest BCUT2D eigenvalue weighted by Crippen LogP contribution is -2.28. The van der Waals surface area contributed by atoms with Crippen molar-refractivity contribution in [2.24, 2.45) is 10.9 Å². The minimum absolute atomic E-state index is 0.426. The van der Waals surface area contributed by atoms with Crippen LogP contribution < -0.4 is 0 Å². The molecule has 0 amide bonds. The van der Waals surface area contributed by atoms with E-state index in [1.165, 1.54) is 6.42 Å². The fraction of sp³-hybridized carbons (Fsp3) is 0.875. The molecule has 0 spiro atoms. The minimum atomic E-state index is 0.426. The van der Waals surface area contributed by atoms with E-state index in [1.807, 2.05) is 6.21 Å². The number of rotatable bonds is 3. The van der Waals surface area contributed by atoms with Crippen molar-refractivity contribution < 1.29 is 0 Å². The summed E-state index contributed by atoms with van der Waals surface area (Å²) in [4.78, 5) is 4.44. The average Bonchev–Trinajstić information content (AvgIpc) is 2.50. The number of aliphatic imine (C=N–C) groups is 1. The molecule has 0 saturated heterocycles. The standard InChI is InChI=1S/C8H16N2S/c1-4-7(2)8-9-5-6-10(8)11-3/h5,7-8H,4,6H2,1-3H3. The van der Waals surface area contributed by atoms with Gasteiger partial charge in [0.2, 0.25) is 0 Å². The minimum Gasteiger partial charge on any atom is -0.276 e. The van der Waals surface area contributed by atoms with Gasteiger partial charge in [-0.25, -0.2) is 4.31 Å². The Morgan fingerprint density at radius 3 is 3.09 bits per heavy atom. The van der Waals surface area contributed by atoms with E-state index in [-0.39, 0.29) is 0 Å². The molecule has 0 bridgehead atoms. The fourth-order valence-corrected chi connectivity index (χ4v) is 1.94. The number of hydrogen-bond donors (Lipinski definition) is 0. The van der Waals surface area contributed by atoms with Gasteiger partial charge in [-0.3, -0.25) is 4.99 Å². The molecular formula is C8H16N2S. The van der Waals surface area contributed by atoms with E-state index in [2.05, 4.69) is 29.4 Å². The molecule has 0 fully saturated rings. The Morgan fingerprint density at radius 1 is 1.82 bits per heavy atom. The lowest BCUT2D eigenvalue weighted by molar-refractivity contribution is 0.312. The van der Waals surface area contributed by atoms with Crippen LogP contribution in [0, 0.1) is 5.92 Å². The van der Waals surface area contributed by atoms with E-state index in [9.17, 15) is 0 Å². The molecule has 0 aliphatic carbocycles. The van der Waals surface area contributed by atoms with Crippen LogP contribution in [0.25, 0.3) is 0 Å². The van der Waals surface area contributed by atoms with Gasteiger partial charge in [-0.2, -0.15) is 0 Å². The lowest BCUT2D eigenvalue weighted by atomic mass is 10.1. The Labute approximate surface area is 73.2 Å². The van der Waals surface area contributed by atoms with Crippen LogP contribution in [-0.2, 0) is 0 Å². The van der Waals surface area contributed by atoms with Crippen molar-refractivity contribution in [1.82, 2.24) is 4.31 Å². The predicted molar refractivity (Wildman–Crippen MR) is 52.0 cm³/mol. The highest BCUT2D eigenvalue weighted by Gasteiger charge is 2.24. The molecule has 1 rings (SSSR count). The van der Waals surface area contributed by atoms with Gasteiger partial charge in [0.05, 0.1) is 0 Å². The Bertz CT molecular complexity index is 147. The van der Waals surface area contributed by atoms with E-state index in [0.717, 1.165) is 6.54 Å². The largest absolute Gasteiger partial charge is 0.276 e. The van der Waals surface area contributed by atoms with Gasteiger partial charge in [-0.1, -0.05) is 32.2 Å². The highest BCUT2D eigenvalue weighted by atomic mass is 32.2. The SMILES string of the molecule is CCC(C)C1N=CCN1SC. The third kappa shape index (κ3) is 1.97. The van der Waals surface area contributed by atoms with E-state index in [1.54, 1.807) is 11.9 Å². The molecule has 1 aliphatic heterocycles. The first-order valence-electron chi connectivity index (χ1n) is 4.12. The van der Waals surface area contributed by atoms with Crippen LogP contribution in [0.5, 0.6) is 0 Å².